The van der Waals surface area contributed by atoms with Crippen LogP contribution in [0.1, 0.15) is 17.5 Å². The Morgan fingerprint density at radius 2 is 1.88 bits per heavy atom. The number of anilines is 2. The summed E-state index contributed by atoms with van der Waals surface area (Å²) in [5, 5.41) is 0. The van der Waals surface area contributed by atoms with E-state index < -0.39 is 11.9 Å². The minimum absolute atomic E-state index is 0.0468. The van der Waals surface area contributed by atoms with E-state index in [0.29, 0.717) is 6.54 Å². The monoisotopic (exact) mass is 324 g/mol. The molecule has 2 aliphatic rings. The average Bonchev–Trinajstić information content (AvgIpc) is 3.10. The van der Waals surface area contributed by atoms with Crippen LogP contribution in [0.15, 0.2) is 42.5 Å². The molecule has 2 amide bonds. The molecule has 4 nitrogen and oxygen atoms in total. The number of amides is 2. The maximum Gasteiger partial charge on any atom is 0.257 e. The molecule has 1 unspecified atom stereocenters. The molecule has 2 aromatic rings. The highest BCUT2D eigenvalue weighted by Gasteiger charge is 2.45. The molecule has 122 valence electrons. The van der Waals surface area contributed by atoms with Gasteiger partial charge < -0.3 is 4.90 Å². The topological polar surface area (TPSA) is 40.6 Å². The Morgan fingerprint density at radius 3 is 2.67 bits per heavy atom. The largest absolute Gasteiger partial charge is 0.359 e. The van der Waals surface area contributed by atoms with E-state index in [1.54, 1.807) is 13.0 Å². The van der Waals surface area contributed by atoms with E-state index in [1.165, 1.54) is 17.7 Å². The number of nitrogens with zero attached hydrogens (tertiary/aromatic N) is 2. The first-order chi connectivity index (χ1) is 11.6. The van der Waals surface area contributed by atoms with Gasteiger partial charge in [0.25, 0.3) is 5.91 Å². The third-order valence-electron chi connectivity index (χ3n) is 4.77. The Balaban J connectivity index is 1.67. The van der Waals surface area contributed by atoms with E-state index >= 15 is 0 Å². The summed E-state index contributed by atoms with van der Waals surface area (Å²) in [6, 6.07) is 11.9. The molecule has 1 atom stereocenters. The van der Waals surface area contributed by atoms with Crippen LogP contribution >= 0.6 is 0 Å². The number of fused-ring (bicyclic) bond motifs is 1. The van der Waals surface area contributed by atoms with Crippen molar-refractivity contribution in [1.29, 1.82) is 0 Å². The molecule has 0 aromatic heterocycles. The van der Waals surface area contributed by atoms with Gasteiger partial charge in [-0.05, 0) is 42.7 Å². The first-order valence-corrected chi connectivity index (χ1v) is 8.04. The second-order valence-electron chi connectivity index (χ2n) is 6.31. The Morgan fingerprint density at radius 1 is 1.08 bits per heavy atom. The quantitative estimate of drug-likeness (QED) is 0.798. The highest BCUT2D eigenvalue weighted by Crippen LogP contribution is 2.35. The number of hydrogen-bond acceptors (Lipinski definition) is 3. The van der Waals surface area contributed by atoms with Gasteiger partial charge in [0.05, 0.1) is 12.1 Å². The van der Waals surface area contributed by atoms with Crippen LogP contribution in [0, 0.1) is 12.7 Å². The van der Waals surface area contributed by atoms with Crippen LogP contribution in [-0.2, 0) is 16.0 Å². The zero-order valence-electron chi connectivity index (χ0n) is 13.3. The first-order valence-electron chi connectivity index (χ1n) is 8.04. The fourth-order valence-electron chi connectivity index (χ4n) is 3.59. The summed E-state index contributed by atoms with van der Waals surface area (Å²) in [6.45, 7) is 2.47. The van der Waals surface area contributed by atoms with E-state index in [1.807, 2.05) is 29.2 Å². The van der Waals surface area contributed by atoms with Crippen LogP contribution in [-0.4, -0.2) is 24.4 Å². The van der Waals surface area contributed by atoms with Crippen LogP contribution in [0.3, 0.4) is 0 Å². The predicted octanol–water partition coefficient (Wildman–Crippen LogP) is 2.83. The molecular formula is C19H17FN2O2. The second kappa shape index (κ2) is 5.44. The van der Waals surface area contributed by atoms with E-state index in [4.69, 9.17) is 0 Å². The number of carbonyl (C=O) groups excluding carboxylic acids is 2. The van der Waals surface area contributed by atoms with Crippen LogP contribution in [0.4, 0.5) is 15.8 Å². The fourth-order valence-corrected chi connectivity index (χ4v) is 3.59. The number of para-hydroxylation sites is 1. The lowest BCUT2D eigenvalue weighted by molar-refractivity contribution is -0.121. The van der Waals surface area contributed by atoms with Gasteiger partial charge in [-0.25, -0.2) is 9.29 Å². The standard InChI is InChI=1S/C19H17FN2O2/c1-12-6-7-16(14(20)10-12)22-18(23)11-17(19(22)24)21-9-8-13-4-2-3-5-15(13)21/h2-7,10,17H,8-9,11H2,1H3. The van der Waals surface area contributed by atoms with Gasteiger partial charge in [-0.2, -0.15) is 0 Å². The van der Waals surface area contributed by atoms with E-state index in [0.717, 1.165) is 22.6 Å². The predicted molar refractivity (Wildman–Crippen MR) is 89.5 cm³/mol. The zero-order chi connectivity index (χ0) is 16.8. The fraction of sp³-hybridized carbons (Fsp3) is 0.263. The summed E-state index contributed by atoms with van der Waals surface area (Å²) in [7, 11) is 0. The summed E-state index contributed by atoms with van der Waals surface area (Å²) < 4.78 is 14.2. The van der Waals surface area contributed by atoms with Gasteiger partial charge in [0, 0.05) is 12.2 Å². The Hall–Kier alpha value is -2.69. The average molecular weight is 324 g/mol. The van der Waals surface area contributed by atoms with E-state index in [-0.39, 0.29) is 23.9 Å². The molecule has 1 saturated heterocycles. The van der Waals surface area contributed by atoms with Gasteiger partial charge in [-0.15, -0.1) is 0 Å². The van der Waals surface area contributed by atoms with Crippen LogP contribution < -0.4 is 9.80 Å². The van der Waals surface area contributed by atoms with Crippen molar-refractivity contribution in [3.8, 4) is 0 Å². The number of imide groups is 1. The van der Waals surface area contributed by atoms with Crippen LogP contribution in [0.2, 0.25) is 0 Å². The molecule has 0 aliphatic carbocycles. The van der Waals surface area contributed by atoms with Gasteiger partial charge in [0.2, 0.25) is 5.91 Å². The molecule has 0 bridgehead atoms. The number of carbonyl (C=O) groups is 2. The lowest BCUT2D eigenvalue weighted by atomic mass is 10.1. The van der Waals surface area contributed by atoms with Crippen molar-refractivity contribution in [2.75, 3.05) is 16.3 Å². The number of aryl methyl sites for hydroxylation is 1. The lowest BCUT2D eigenvalue weighted by Crippen LogP contribution is -2.41. The summed E-state index contributed by atoms with van der Waals surface area (Å²) >= 11 is 0. The molecular weight excluding hydrogens is 307 g/mol. The molecule has 5 heteroatoms. The molecule has 0 saturated carbocycles. The number of hydrogen-bond donors (Lipinski definition) is 0. The van der Waals surface area contributed by atoms with Crippen LogP contribution in [0.5, 0.6) is 0 Å². The third-order valence-corrected chi connectivity index (χ3v) is 4.77. The van der Waals surface area contributed by atoms with Gasteiger partial charge >= 0.3 is 0 Å². The van der Waals surface area contributed by atoms with Crippen LogP contribution in [0.25, 0.3) is 0 Å². The first kappa shape index (κ1) is 14.9. The van der Waals surface area contributed by atoms with Crippen molar-refractivity contribution in [3.05, 3.63) is 59.4 Å². The SMILES string of the molecule is Cc1ccc(N2C(=O)CC(N3CCc4ccccc43)C2=O)c(F)c1. The third kappa shape index (κ3) is 2.19. The van der Waals surface area contributed by atoms with Gasteiger partial charge in [-0.3, -0.25) is 9.59 Å². The van der Waals surface area contributed by atoms with Crippen molar-refractivity contribution in [2.45, 2.75) is 25.8 Å². The number of rotatable bonds is 2. The Bertz CT molecular complexity index is 849. The van der Waals surface area contributed by atoms with E-state index in [2.05, 4.69) is 0 Å². The number of benzene rings is 2. The molecule has 0 spiro atoms. The Labute approximate surface area is 139 Å². The molecule has 2 heterocycles. The summed E-state index contributed by atoms with van der Waals surface area (Å²) in [5.41, 5.74) is 2.97. The second-order valence-corrected chi connectivity index (χ2v) is 6.31. The minimum atomic E-state index is -0.554. The van der Waals surface area contributed by atoms with Crippen molar-refractivity contribution in [3.63, 3.8) is 0 Å². The summed E-state index contributed by atoms with van der Waals surface area (Å²) in [5.74, 6) is -1.24. The molecule has 4 rings (SSSR count). The van der Waals surface area contributed by atoms with Crippen molar-refractivity contribution < 1.29 is 14.0 Å². The summed E-state index contributed by atoms with van der Waals surface area (Å²) in [6.07, 6.45) is 0.938. The molecule has 2 aliphatic heterocycles. The molecule has 2 aromatic carbocycles. The molecule has 0 radical (unpaired) electrons. The summed E-state index contributed by atoms with van der Waals surface area (Å²) in [4.78, 5) is 28.2. The highest BCUT2D eigenvalue weighted by atomic mass is 19.1. The Kier molecular flexibility index (Phi) is 3.37. The van der Waals surface area contributed by atoms with Gasteiger partial charge in [-0.1, -0.05) is 24.3 Å². The molecule has 1 fully saturated rings. The zero-order valence-corrected chi connectivity index (χ0v) is 13.3. The van der Waals surface area contributed by atoms with Gasteiger partial charge in [0.15, 0.2) is 0 Å². The maximum atomic E-state index is 14.2. The lowest BCUT2D eigenvalue weighted by Gasteiger charge is -2.25. The highest BCUT2D eigenvalue weighted by molar-refractivity contribution is 6.23. The molecule has 0 N–H and O–H groups in total. The van der Waals surface area contributed by atoms with E-state index in [9.17, 15) is 14.0 Å². The van der Waals surface area contributed by atoms with Crippen molar-refractivity contribution in [1.82, 2.24) is 0 Å². The number of halogens is 1. The van der Waals surface area contributed by atoms with Crippen molar-refractivity contribution >= 4 is 23.2 Å². The smallest absolute Gasteiger partial charge is 0.257 e. The minimum Gasteiger partial charge on any atom is -0.359 e. The van der Waals surface area contributed by atoms with Gasteiger partial charge in [0.1, 0.15) is 11.9 Å². The molecule has 24 heavy (non-hydrogen) atoms. The maximum absolute atomic E-state index is 14.2. The normalized spacial score (nSPS) is 20.0. The van der Waals surface area contributed by atoms with Crippen molar-refractivity contribution in [2.24, 2.45) is 0 Å².